The van der Waals surface area contributed by atoms with E-state index in [0.29, 0.717) is 27.8 Å². The average Bonchev–Trinajstić information content (AvgIpc) is 3.40. The summed E-state index contributed by atoms with van der Waals surface area (Å²) >= 11 is 0. The molecule has 2 aromatic heterocycles. The normalized spacial score (nSPS) is 14.2. The van der Waals surface area contributed by atoms with Crippen molar-refractivity contribution in [3.63, 3.8) is 0 Å². The van der Waals surface area contributed by atoms with E-state index in [1.165, 1.54) is 32.5 Å². The van der Waals surface area contributed by atoms with Crippen molar-refractivity contribution in [3.8, 4) is 0 Å². The number of halogens is 1. The van der Waals surface area contributed by atoms with E-state index in [4.69, 9.17) is 9.47 Å². The third kappa shape index (κ3) is 2.51. The number of methoxy groups -OCH3 is 2. The fourth-order valence-electron chi connectivity index (χ4n) is 3.38. The van der Waals surface area contributed by atoms with E-state index in [2.05, 4.69) is 5.10 Å². The van der Waals surface area contributed by atoms with E-state index in [1.54, 1.807) is 10.6 Å². The summed E-state index contributed by atoms with van der Waals surface area (Å²) in [5.41, 5.74) is 1.94. The first-order valence-corrected chi connectivity index (χ1v) is 8.30. The number of nitrogens with zero attached hydrogens (tertiary/aromatic N) is 2. The van der Waals surface area contributed by atoms with E-state index >= 15 is 0 Å². The number of aromatic nitrogens is 2. The summed E-state index contributed by atoms with van der Waals surface area (Å²) in [6.45, 7) is 0. The number of hydrogen-bond donors (Lipinski definition) is 0. The van der Waals surface area contributed by atoms with Crippen LogP contribution in [0.5, 0.6) is 0 Å². The Morgan fingerprint density at radius 3 is 2.50 bits per heavy atom. The monoisotopic (exact) mass is 356 g/mol. The molecule has 0 unspecified atom stereocenters. The summed E-state index contributed by atoms with van der Waals surface area (Å²) in [5, 5.41) is 5.83. The quantitative estimate of drug-likeness (QED) is 0.531. The summed E-state index contributed by atoms with van der Waals surface area (Å²) in [7, 11) is 2.43. The maximum atomic E-state index is 13.8. The van der Waals surface area contributed by atoms with Crippen molar-refractivity contribution in [2.45, 2.75) is 24.7 Å². The number of ether oxygens (including phenoxy) is 2. The standard InChI is InChI=1S/C19H17FN2O4/c1-25-18(23)16(19(24)26-2)14-9-21-22-15(10-3-4-10)8-11-7-12(20)5-6-13(11)17(14)22/h5-10,16H,3-4H2,1-2H3. The molecule has 6 nitrogen and oxygen atoms in total. The van der Waals surface area contributed by atoms with Crippen molar-refractivity contribution in [2.24, 2.45) is 0 Å². The number of carbonyl (C=O) groups excluding carboxylic acids is 2. The minimum absolute atomic E-state index is 0.340. The van der Waals surface area contributed by atoms with Gasteiger partial charge < -0.3 is 9.47 Å². The third-order valence-electron chi connectivity index (χ3n) is 4.79. The first-order chi connectivity index (χ1) is 12.5. The van der Waals surface area contributed by atoms with Crippen LogP contribution < -0.4 is 0 Å². The molecule has 7 heteroatoms. The second kappa shape index (κ2) is 6.09. The van der Waals surface area contributed by atoms with E-state index in [1.807, 2.05) is 6.07 Å². The molecular weight excluding hydrogens is 339 g/mol. The van der Waals surface area contributed by atoms with Gasteiger partial charge in [-0.25, -0.2) is 8.91 Å². The molecule has 3 aromatic rings. The Morgan fingerprint density at radius 2 is 1.88 bits per heavy atom. The topological polar surface area (TPSA) is 69.9 Å². The van der Waals surface area contributed by atoms with Crippen LogP contribution in [-0.4, -0.2) is 35.8 Å². The largest absolute Gasteiger partial charge is 0.468 e. The second-order valence-corrected chi connectivity index (χ2v) is 6.41. The number of esters is 2. The smallest absolute Gasteiger partial charge is 0.324 e. The Balaban J connectivity index is 2.05. The molecule has 0 saturated heterocycles. The minimum Gasteiger partial charge on any atom is -0.468 e. The molecule has 1 fully saturated rings. The summed E-state index contributed by atoms with van der Waals surface area (Å²) in [6, 6.07) is 6.35. The lowest BCUT2D eigenvalue weighted by Gasteiger charge is -2.13. The second-order valence-electron chi connectivity index (χ2n) is 6.41. The van der Waals surface area contributed by atoms with Crippen LogP contribution in [0.4, 0.5) is 4.39 Å². The number of rotatable bonds is 4. The molecule has 1 aromatic carbocycles. The van der Waals surface area contributed by atoms with Gasteiger partial charge in [0.05, 0.1) is 25.9 Å². The highest BCUT2D eigenvalue weighted by molar-refractivity contribution is 6.06. The van der Waals surface area contributed by atoms with Gasteiger partial charge in [-0.1, -0.05) is 0 Å². The molecule has 0 radical (unpaired) electrons. The highest BCUT2D eigenvalue weighted by atomic mass is 19.1. The van der Waals surface area contributed by atoms with Crippen LogP contribution in [0.1, 0.15) is 35.9 Å². The fourth-order valence-corrected chi connectivity index (χ4v) is 3.38. The van der Waals surface area contributed by atoms with Crippen LogP contribution in [0.15, 0.2) is 30.5 Å². The Kier molecular flexibility index (Phi) is 3.86. The number of hydrogen-bond acceptors (Lipinski definition) is 5. The van der Waals surface area contributed by atoms with Crippen molar-refractivity contribution in [3.05, 3.63) is 47.5 Å². The molecule has 0 amide bonds. The van der Waals surface area contributed by atoms with Crippen LogP contribution in [0, 0.1) is 5.82 Å². The van der Waals surface area contributed by atoms with Crippen molar-refractivity contribution in [2.75, 3.05) is 14.2 Å². The van der Waals surface area contributed by atoms with Crippen LogP contribution in [0.2, 0.25) is 0 Å². The lowest BCUT2D eigenvalue weighted by molar-refractivity contribution is -0.154. The maximum Gasteiger partial charge on any atom is 0.324 e. The Labute approximate surface area is 148 Å². The molecular formula is C19H17FN2O4. The minimum atomic E-state index is -1.25. The SMILES string of the molecule is COC(=O)C(C(=O)OC)c1cnn2c(C3CC3)cc3cc(F)ccc3c12. The van der Waals surface area contributed by atoms with Crippen LogP contribution in [0.25, 0.3) is 16.3 Å². The van der Waals surface area contributed by atoms with Gasteiger partial charge >= 0.3 is 11.9 Å². The van der Waals surface area contributed by atoms with Gasteiger partial charge in [0, 0.05) is 22.6 Å². The van der Waals surface area contributed by atoms with Crippen molar-refractivity contribution >= 4 is 28.2 Å². The molecule has 2 heterocycles. The molecule has 134 valence electrons. The van der Waals surface area contributed by atoms with Crippen molar-refractivity contribution in [1.82, 2.24) is 9.61 Å². The highest BCUT2D eigenvalue weighted by Gasteiger charge is 2.35. The third-order valence-corrected chi connectivity index (χ3v) is 4.79. The summed E-state index contributed by atoms with van der Waals surface area (Å²) in [6.07, 6.45) is 3.55. The number of fused-ring (bicyclic) bond motifs is 3. The molecule has 0 spiro atoms. The van der Waals surface area contributed by atoms with Gasteiger partial charge in [0.1, 0.15) is 5.82 Å². The van der Waals surface area contributed by atoms with Gasteiger partial charge in [-0.2, -0.15) is 5.10 Å². The molecule has 1 aliphatic carbocycles. The van der Waals surface area contributed by atoms with Gasteiger partial charge in [0.15, 0.2) is 5.92 Å². The zero-order valence-corrected chi connectivity index (χ0v) is 14.4. The van der Waals surface area contributed by atoms with E-state index in [0.717, 1.165) is 18.5 Å². The van der Waals surface area contributed by atoms with Crippen LogP contribution >= 0.6 is 0 Å². The maximum absolute atomic E-state index is 13.8. The summed E-state index contributed by atoms with van der Waals surface area (Å²) < 4.78 is 25.1. The lowest BCUT2D eigenvalue weighted by atomic mass is 9.97. The predicted octanol–water partition coefficient (Wildman–Crippen LogP) is 2.93. The number of benzene rings is 1. The van der Waals surface area contributed by atoms with Crippen molar-refractivity contribution < 1.29 is 23.5 Å². The first kappa shape index (κ1) is 16.5. The molecule has 0 atom stereocenters. The van der Waals surface area contributed by atoms with Gasteiger partial charge in [-0.15, -0.1) is 0 Å². The number of pyridine rings is 1. The van der Waals surface area contributed by atoms with Crippen LogP contribution in [0.3, 0.4) is 0 Å². The Bertz CT molecular complexity index is 1020. The highest BCUT2D eigenvalue weighted by Crippen LogP contribution is 2.42. The number of carbonyl (C=O) groups is 2. The van der Waals surface area contributed by atoms with Gasteiger partial charge in [0.2, 0.25) is 0 Å². The summed E-state index contributed by atoms with van der Waals surface area (Å²) in [5.74, 6) is -2.70. The van der Waals surface area contributed by atoms with E-state index in [-0.39, 0.29) is 5.82 Å². The molecule has 0 bridgehead atoms. The Morgan fingerprint density at radius 1 is 1.19 bits per heavy atom. The predicted molar refractivity (Wildman–Crippen MR) is 91.4 cm³/mol. The van der Waals surface area contributed by atoms with Gasteiger partial charge in [0.25, 0.3) is 0 Å². The van der Waals surface area contributed by atoms with Gasteiger partial charge in [-0.3, -0.25) is 9.59 Å². The lowest BCUT2D eigenvalue weighted by Crippen LogP contribution is -2.24. The zero-order chi connectivity index (χ0) is 18.4. The first-order valence-electron chi connectivity index (χ1n) is 8.30. The molecule has 26 heavy (non-hydrogen) atoms. The summed E-state index contributed by atoms with van der Waals surface area (Å²) in [4.78, 5) is 24.5. The van der Waals surface area contributed by atoms with Crippen LogP contribution in [-0.2, 0) is 19.1 Å². The fraction of sp³-hybridized carbons (Fsp3) is 0.316. The molecule has 1 saturated carbocycles. The van der Waals surface area contributed by atoms with E-state index in [9.17, 15) is 14.0 Å². The molecule has 0 N–H and O–H groups in total. The van der Waals surface area contributed by atoms with Gasteiger partial charge in [-0.05, 0) is 42.5 Å². The van der Waals surface area contributed by atoms with E-state index < -0.39 is 17.9 Å². The zero-order valence-electron chi connectivity index (χ0n) is 14.4. The Hall–Kier alpha value is -2.96. The molecule has 4 rings (SSSR count). The van der Waals surface area contributed by atoms with Crippen molar-refractivity contribution in [1.29, 1.82) is 0 Å². The average molecular weight is 356 g/mol. The molecule has 1 aliphatic rings. The molecule has 0 aliphatic heterocycles.